The Morgan fingerprint density at radius 3 is 2.62 bits per heavy atom. The van der Waals surface area contributed by atoms with Crippen molar-refractivity contribution in [1.29, 1.82) is 5.26 Å². The van der Waals surface area contributed by atoms with Crippen molar-refractivity contribution in [3.8, 4) is 6.07 Å². The summed E-state index contributed by atoms with van der Waals surface area (Å²) in [6, 6.07) is 2.23. The summed E-state index contributed by atoms with van der Waals surface area (Å²) in [7, 11) is 0. The van der Waals surface area contributed by atoms with Gasteiger partial charge in [0.2, 0.25) is 0 Å². The van der Waals surface area contributed by atoms with Crippen molar-refractivity contribution in [2.75, 3.05) is 5.32 Å². The van der Waals surface area contributed by atoms with Crippen LogP contribution < -0.4 is 5.32 Å². The number of aliphatic hydroxyl groups is 1. The van der Waals surface area contributed by atoms with Gasteiger partial charge in [-0.3, -0.25) is 0 Å². The van der Waals surface area contributed by atoms with Crippen LogP contribution in [0.4, 0.5) is 5.82 Å². The van der Waals surface area contributed by atoms with Crippen LogP contribution in [-0.4, -0.2) is 27.4 Å². The second kappa shape index (κ2) is 7.37. The van der Waals surface area contributed by atoms with Crippen LogP contribution in [0.2, 0.25) is 0 Å². The van der Waals surface area contributed by atoms with Gasteiger partial charge in [-0.2, -0.15) is 10.4 Å². The lowest BCUT2D eigenvalue weighted by Gasteiger charge is -2.23. The molecule has 1 aliphatic rings. The zero-order valence-corrected chi connectivity index (χ0v) is 12.9. The maximum absolute atomic E-state index is 10.2. The number of nitriles is 1. The molecule has 0 aromatic carbocycles. The van der Waals surface area contributed by atoms with Crippen LogP contribution in [0.1, 0.15) is 62.8 Å². The fourth-order valence-electron chi connectivity index (χ4n) is 3.03. The summed E-state index contributed by atoms with van der Waals surface area (Å²) in [5, 5.41) is 31.4. The van der Waals surface area contributed by atoms with Gasteiger partial charge < -0.3 is 10.4 Å². The molecule has 1 aromatic heterocycles. The van der Waals surface area contributed by atoms with Crippen molar-refractivity contribution in [1.82, 2.24) is 10.2 Å². The summed E-state index contributed by atoms with van der Waals surface area (Å²) in [5.74, 6) is 0.525. The Hall–Kier alpha value is -1.67. The molecular formula is C16H24N4O. The molecule has 114 valence electrons. The first-order valence-electron chi connectivity index (χ1n) is 7.94. The predicted molar refractivity (Wildman–Crippen MR) is 82.0 cm³/mol. The number of aryl methyl sites for hydroxylation is 1. The molecule has 2 rings (SSSR count). The molecule has 0 aliphatic heterocycles. The number of aromatic nitrogens is 2. The highest BCUT2D eigenvalue weighted by Gasteiger charge is 2.24. The highest BCUT2D eigenvalue weighted by molar-refractivity contribution is 5.57. The van der Waals surface area contributed by atoms with Crippen LogP contribution in [0.15, 0.2) is 0 Å². The molecule has 0 bridgehead atoms. The summed E-state index contributed by atoms with van der Waals surface area (Å²) >= 11 is 0. The van der Waals surface area contributed by atoms with Gasteiger partial charge >= 0.3 is 0 Å². The van der Waals surface area contributed by atoms with E-state index in [2.05, 4.69) is 21.6 Å². The normalized spacial score (nSPS) is 22.4. The summed E-state index contributed by atoms with van der Waals surface area (Å²) in [4.78, 5) is 0. The van der Waals surface area contributed by atoms with Crippen LogP contribution in [0.5, 0.6) is 0 Å². The number of nitrogens with one attached hydrogen (secondary N) is 1. The van der Waals surface area contributed by atoms with Crippen molar-refractivity contribution >= 4 is 5.82 Å². The quantitative estimate of drug-likeness (QED) is 0.832. The molecule has 1 aliphatic carbocycles. The molecule has 21 heavy (non-hydrogen) atoms. The minimum absolute atomic E-state index is 0.0360. The molecule has 0 saturated heterocycles. The van der Waals surface area contributed by atoms with E-state index in [1.807, 2.05) is 13.8 Å². The van der Waals surface area contributed by atoms with Crippen LogP contribution in [-0.2, 0) is 12.8 Å². The number of hydrogen-bond donors (Lipinski definition) is 2. The first-order chi connectivity index (χ1) is 10.2. The summed E-state index contributed by atoms with van der Waals surface area (Å²) in [6.07, 6.45) is 6.19. The van der Waals surface area contributed by atoms with E-state index in [1.165, 1.54) is 0 Å². The third kappa shape index (κ3) is 3.51. The zero-order chi connectivity index (χ0) is 15.2. The molecule has 5 nitrogen and oxygen atoms in total. The SMILES string of the molecule is CCc1nnc(NC2CCCCCC2O)c(C#N)c1CC. The standard InChI is InChI=1S/C16H24N4O/c1-3-11-12(10-17)16(20-19-13(11)4-2)18-14-8-6-5-7-9-15(14)21/h14-15,21H,3-9H2,1-2H3,(H,18,20). The van der Waals surface area contributed by atoms with E-state index >= 15 is 0 Å². The lowest BCUT2D eigenvalue weighted by Crippen LogP contribution is -2.33. The minimum atomic E-state index is -0.378. The average molecular weight is 288 g/mol. The molecular weight excluding hydrogens is 264 g/mol. The molecule has 2 unspecified atom stereocenters. The van der Waals surface area contributed by atoms with Crippen molar-refractivity contribution < 1.29 is 5.11 Å². The Kier molecular flexibility index (Phi) is 5.51. The maximum Gasteiger partial charge on any atom is 0.167 e. The summed E-state index contributed by atoms with van der Waals surface area (Å²) < 4.78 is 0. The van der Waals surface area contributed by atoms with E-state index in [0.717, 1.165) is 56.2 Å². The summed E-state index contributed by atoms with van der Waals surface area (Å²) in [5.41, 5.74) is 2.45. The number of rotatable bonds is 4. The third-order valence-electron chi connectivity index (χ3n) is 4.26. The highest BCUT2D eigenvalue weighted by atomic mass is 16.3. The Morgan fingerprint density at radius 2 is 1.95 bits per heavy atom. The van der Waals surface area contributed by atoms with Gasteiger partial charge in [-0.1, -0.05) is 33.1 Å². The van der Waals surface area contributed by atoms with Gasteiger partial charge in [0.05, 0.1) is 17.8 Å². The fourth-order valence-corrected chi connectivity index (χ4v) is 3.03. The second-order valence-corrected chi connectivity index (χ2v) is 5.62. The lowest BCUT2D eigenvalue weighted by molar-refractivity contribution is 0.144. The molecule has 2 N–H and O–H groups in total. The number of hydrogen-bond acceptors (Lipinski definition) is 5. The van der Waals surface area contributed by atoms with Gasteiger partial charge in [-0.05, 0) is 31.2 Å². The van der Waals surface area contributed by atoms with E-state index < -0.39 is 0 Å². The molecule has 1 fully saturated rings. The molecule has 5 heteroatoms. The third-order valence-corrected chi connectivity index (χ3v) is 4.26. The first-order valence-corrected chi connectivity index (χ1v) is 7.94. The highest BCUT2D eigenvalue weighted by Crippen LogP contribution is 2.25. The van der Waals surface area contributed by atoms with Gasteiger partial charge in [-0.15, -0.1) is 5.10 Å². The lowest BCUT2D eigenvalue weighted by atomic mass is 10.0. The fraction of sp³-hybridized carbons (Fsp3) is 0.688. The Bertz CT molecular complexity index is 524. The average Bonchev–Trinajstić information content (AvgIpc) is 2.71. The van der Waals surface area contributed by atoms with E-state index in [-0.39, 0.29) is 12.1 Å². The Balaban J connectivity index is 2.29. The monoisotopic (exact) mass is 288 g/mol. The van der Waals surface area contributed by atoms with Gasteiger partial charge in [0, 0.05) is 0 Å². The van der Waals surface area contributed by atoms with Crippen molar-refractivity contribution in [2.45, 2.75) is 70.9 Å². The number of anilines is 1. The van der Waals surface area contributed by atoms with E-state index in [9.17, 15) is 10.4 Å². The zero-order valence-electron chi connectivity index (χ0n) is 12.9. The molecule has 1 saturated carbocycles. The van der Waals surface area contributed by atoms with Gasteiger partial charge in [0.25, 0.3) is 0 Å². The van der Waals surface area contributed by atoms with E-state index in [4.69, 9.17) is 0 Å². The van der Waals surface area contributed by atoms with Crippen LogP contribution in [0.25, 0.3) is 0 Å². The van der Waals surface area contributed by atoms with Gasteiger partial charge in [0.15, 0.2) is 5.82 Å². The van der Waals surface area contributed by atoms with E-state index in [1.54, 1.807) is 0 Å². The molecule has 1 aromatic rings. The maximum atomic E-state index is 10.2. The van der Waals surface area contributed by atoms with E-state index in [0.29, 0.717) is 11.4 Å². The number of nitrogens with zero attached hydrogens (tertiary/aromatic N) is 3. The van der Waals surface area contributed by atoms with Crippen molar-refractivity contribution in [3.05, 3.63) is 16.8 Å². The van der Waals surface area contributed by atoms with Crippen LogP contribution in [0.3, 0.4) is 0 Å². The molecule has 0 spiro atoms. The van der Waals surface area contributed by atoms with Crippen molar-refractivity contribution in [3.63, 3.8) is 0 Å². The molecule has 0 amide bonds. The molecule has 1 heterocycles. The minimum Gasteiger partial charge on any atom is -0.391 e. The van der Waals surface area contributed by atoms with Gasteiger partial charge in [-0.25, -0.2) is 0 Å². The van der Waals surface area contributed by atoms with Gasteiger partial charge in [0.1, 0.15) is 11.6 Å². The number of aliphatic hydroxyl groups excluding tert-OH is 1. The second-order valence-electron chi connectivity index (χ2n) is 5.62. The molecule has 2 atom stereocenters. The smallest absolute Gasteiger partial charge is 0.167 e. The molecule has 0 radical (unpaired) electrons. The first kappa shape index (κ1) is 15.7. The summed E-state index contributed by atoms with van der Waals surface area (Å²) in [6.45, 7) is 4.05. The predicted octanol–water partition coefficient (Wildman–Crippen LogP) is 2.58. The van der Waals surface area contributed by atoms with Crippen molar-refractivity contribution in [2.24, 2.45) is 0 Å². The Morgan fingerprint density at radius 1 is 1.19 bits per heavy atom. The largest absolute Gasteiger partial charge is 0.391 e. The Labute approximate surface area is 126 Å². The topological polar surface area (TPSA) is 81.8 Å². The van der Waals surface area contributed by atoms with Crippen LogP contribution >= 0.6 is 0 Å². The van der Waals surface area contributed by atoms with Crippen LogP contribution in [0, 0.1) is 11.3 Å².